The molecule has 94 valence electrons. The molecule has 1 aromatic rings. The zero-order valence-electron chi connectivity index (χ0n) is 10.6. The van der Waals surface area contributed by atoms with Gasteiger partial charge in [0.25, 0.3) is 0 Å². The van der Waals surface area contributed by atoms with Gasteiger partial charge in [0.1, 0.15) is 5.82 Å². The van der Waals surface area contributed by atoms with Crippen molar-refractivity contribution in [1.82, 2.24) is 5.32 Å². The predicted molar refractivity (Wildman–Crippen MR) is 72.2 cm³/mol. The molecule has 1 N–H and O–H groups in total. The van der Waals surface area contributed by atoms with Gasteiger partial charge in [-0.3, -0.25) is 0 Å². The van der Waals surface area contributed by atoms with E-state index >= 15 is 0 Å². The van der Waals surface area contributed by atoms with Crippen molar-refractivity contribution in [2.75, 3.05) is 19.3 Å². The van der Waals surface area contributed by atoms with Gasteiger partial charge in [0.05, 0.1) is 0 Å². The van der Waals surface area contributed by atoms with E-state index in [1.807, 2.05) is 19.2 Å². The monoisotopic (exact) mass is 253 g/mol. The van der Waals surface area contributed by atoms with E-state index in [1.165, 1.54) is 17.7 Å². The maximum absolute atomic E-state index is 13.9. The first-order valence-electron chi connectivity index (χ1n) is 6.24. The van der Waals surface area contributed by atoms with E-state index in [0.717, 1.165) is 30.6 Å². The van der Waals surface area contributed by atoms with E-state index in [2.05, 4.69) is 5.32 Å². The van der Waals surface area contributed by atoms with Crippen LogP contribution in [-0.2, 0) is 6.42 Å². The Morgan fingerprint density at radius 2 is 2.29 bits per heavy atom. The summed E-state index contributed by atoms with van der Waals surface area (Å²) < 4.78 is 13.9. The Morgan fingerprint density at radius 3 is 2.94 bits per heavy atom. The van der Waals surface area contributed by atoms with Crippen molar-refractivity contribution in [3.05, 3.63) is 29.1 Å². The number of hydrogen-bond donors (Lipinski definition) is 1. The van der Waals surface area contributed by atoms with Crippen LogP contribution in [0.4, 0.5) is 4.39 Å². The molecule has 0 amide bonds. The van der Waals surface area contributed by atoms with Crippen LogP contribution in [0.25, 0.3) is 0 Å². The largest absolute Gasteiger partial charge is 0.316 e. The van der Waals surface area contributed by atoms with Crippen LogP contribution in [0, 0.1) is 18.7 Å². The lowest BCUT2D eigenvalue weighted by Crippen LogP contribution is -2.31. The smallest absolute Gasteiger partial charge is 0.126 e. The van der Waals surface area contributed by atoms with Crippen LogP contribution < -0.4 is 5.32 Å². The molecule has 0 aromatic heterocycles. The minimum absolute atomic E-state index is 0.0362. The molecule has 1 aliphatic rings. The summed E-state index contributed by atoms with van der Waals surface area (Å²) in [6, 6.07) is 3.71. The molecule has 1 atom stereocenters. The molecule has 1 fully saturated rings. The van der Waals surface area contributed by atoms with Crippen molar-refractivity contribution in [2.45, 2.75) is 31.1 Å². The van der Waals surface area contributed by atoms with Gasteiger partial charge >= 0.3 is 0 Å². The Bertz CT molecular complexity index is 386. The van der Waals surface area contributed by atoms with Crippen LogP contribution in [0.1, 0.15) is 24.0 Å². The van der Waals surface area contributed by atoms with Gasteiger partial charge in [-0.1, -0.05) is 0 Å². The molecule has 1 nitrogen and oxygen atoms in total. The lowest BCUT2D eigenvalue weighted by molar-refractivity contribution is 0.371. The summed E-state index contributed by atoms with van der Waals surface area (Å²) in [7, 11) is 0. The zero-order valence-corrected chi connectivity index (χ0v) is 11.4. The summed E-state index contributed by atoms with van der Waals surface area (Å²) in [5.74, 6) is 0.557. The van der Waals surface area contributed by atoms with Crippen LogP contribution in [0.3, 0.4) is 0 Å². The molecule has 17 heavy (non-hydrogen) atoms. The van der Waals surface area contributed by atoms with E-state index in [0.29, 0.717) is 5.92 Å². The first kappa shape index (κ1) is 12.9. The molecule has 0 saturated carbocycles. The Balaban J connectivity index is 2.13. The first-order chi connectivity index (χ1) is 8.20. The fourth-order valence-electron chi connectivity index (χ4n) is 2.48. The average Bonchev–Trinajstić information content (AvgIpc) is 2.34. The minimum atomic E-state index is -0.0362. The summed E-state index contributed by atoms with van der Waals surface area (Å²) in [5.41, 5.74) is 1.93. The second-order valence-corrected chi connectivity index (χ2v) is 5.68. The Hall–Kier alpha value is -0.540. The summed E-state index contributed by atoms with van der Waals surface area (Å²) in [6.45, 7) is 4.12. The van der Waals surface area contributed by atoms with E-state index in [9.17, 15) is 4.39 Å². The molecule has 1 aliphatic heterocycles. The standard InChI is InChI=1S/C14H20FNS/c1-10-6-13(15)12(8-14(10)17-2)7-11-4-3-5-16-9-11/h6,8,11,16H,3-5,7,9H2,1-2H3. The van der Waals surface area contributed by atoms with Gasteiger partial charge in [0, 0.05) is 4.90 Å². The van der Waals surface area contributed by atoms with Crippen molar-refractivity contribution in [3.63, 3.8) is 0 Å². The third kappa shape index (κ3) is 3.23. The molecule has 0 radical (unpaired) electrons. The number of benzene rings is 1. The number of piperidine rings is 1. The summed E-state index contributed by atoms with van der Waals surface area (Å²) >= 11 is 1.70. The third-order valence-corrected chi connectivity index (χ3v) is 4.35. The number of thioether (sulfide) groups is 1. The fourth-order valence-corrected chi connectivity index (χ4v) is 3.12. The predicted octanol–water partition coefficient (Wildman–Crippen LogP) is 3.40. The summed E-state index contributed by atoms with van der Waals surface area (Å²) in [4.78, 5) is 1.20. The van der Waals surface area contributed by atoms with Gasteiger partial charge in [-0.15, -0.1) is 11.8 Å². The highest BCUT2D eigenvalue weighted by atomic mass is 32.2. The van der Waals surface area contributed by atoms with Crippen molar-refractivity contribution in [2.24, 2.45) is 5.92 Å². The zero-order chi connectivity index (χ0) is 12.3. The summed E-state index contributed by atoms with van der Waals surface area (Å²) in [5, 5.41) is 3.39. The maximum atomic E-state index is 13.9. The molecule has 2 rings (SSSR count). The van der Waals surface area contributed by atoms with Crippen molar-refractivity contribution in [3.8, 4) is 0 Å². The van der Waals surface area contributed by atoms with Gasteiger partial charge in [0.2, 0.25) is 0 Å². The molecule has 1 saturated heterocycles. The molecule has 1 heterocycles. The lowest BCUT2D eigenvalue weighted by atomic mass is 9.92. The van der Waals surface area contributed by atoms with E-state index in [4.69, 9.17) is 0 Å². The molecule has 0 bridgehead atoms. The van der Waals surface area contributed by atoms with Crippen LogP contribution in [0.15, 0.2) is 17.0 Å². The topological polar surface area (TPSA) is 12.0 Å². The van der Waals surface area contributed by atoms with Crippen molar-refractivity contribution >= 4 is 11.8 Å². The summed E-state index contributed by atoms with van der Waals surface area (Å²) in [6.07, 6.45) is 5.35. The molecule has 1 unspecified atom stereocenters. The molecule has 1 aromatic carbocycles. The molecule has 0 spiro atoms. The number of halogens is 1. The van der Waals surface area contributed by atoms with E-state index in [1.54, 1.807) is 17.8 Å². The van der Waals surface area contributed by atoms with Crippen molar-refractivity contribution in [1.29, 1.82) is 0 Å². The quantitative estimate of drug-likeness (QED) is 0.829. The third-order valence-electron chi connectivity index (χ3n) is 3.47. The molecular weight excluding hydrogens is 233 g/mol. The Morgan fingerprint density at radius 1 is 1.47 bits per heavy atom. The lowest BCUT2D eigenvalue weighted by Gasteiger charge is -2.23. The molecule has 0 aliphatic carbocycles. The number of rotatable bonds is 3. The second-order valence-electron chi connectivity index (χ2n) is 4.83. The Kier molecular flexibility index (Phi) is 4.46. The minimum Gasteiger partial charge on any atom is -0.316 e. The Labute approximate surface area is 107 Å². The highest BCUT2D eigenvalue weighted by molar-refractivity contribution is 7.98. The molecular formula is C14H20FNS. The maximum Gasteiger partial charge on any atom is 0.126 e. The van der Waals surface area contributed by atoms with Gasteiger partial charge in [0.15, 0.2) is 0 Å². The van der Waals surface area contributed by atoms with Crippen LogP contribution in [-0.4, -0.2) is 19.3 Å². The van der Waals surface area contributed by atoms with Gasteiger partial charge < -0.3 is 5.32 Å². The number of nitrogens with one attached hydrogen (secondary N) is 1. The number of aryl methyl sites for hydroxylation is 1. The molecule has 3 heteroatoms. The van der Waals surface area contributed by atoms with Gasteiger partial charge in [-0.2, -0.15) is 0 Å². The fraction of sp³-hybridized carbons (Fsp3) is 0.571. The SMILES string of the molecule is CSc1cc(CC2CCCNC2)c(F)cc1C. The second kappa shape index (κ2) is 5.87. The highest BCUT2D eigenvalue weighted by Gasteiger charge is 2.16. The van der Waals surface area contributed by atoms with Crippen LogP contribution in [0.2, 0.25) is 0 Å². The van der Waals surface area contributed by atoms with E-state index < -0.39 is 0 Å². The average molecular weight is 253 g/mol. The van der Waals surface area contributed by atoms with Crippen molar-refractivity contribution < 1.29 is 4.39 Å². The number of hydrogen-bond acceptors (Lipinski definition) is 2. The normalized spacial score (nSPS) is 20.5. The first-order valence-corrected chi connectivity index (χ1v) is 7.47. The van der Waals surface area contributed by atoms with E-state index in [-0.39, 0.29) is 5.82 Å². The van der Waals surface area contributed by atoms with Gasteiger partial charge in [-0.25, -0.2) is 4.39 Å². The van der Waals surface area contributed by atoms with Gasteiger partial charge in [-0.05, 0) is 74.7 Å². The van der Waals surface area contributed by atoms with Crippen LogP contribution >= 0.6 is 11.8 Å². The van der Waals surface area contributed by atoms with Crippen LogP contribution in [0.5, 0.6) is 0 Å². The highest BCUT2D eigenvalue weighted by Crippen LogP contribution is 2.26.